The zero-order chi connectivity index (χ0) is 42.3. The summed E-state index contributed by atoms with van der Waals surface area (Å²) in [5.41, 5.74) is 5.77. The molecule has 59 heavy (non-hydrogen) atoms. The second-order valence-corrected chi connectivity index (χ2v) is 18.8. The summed E-state index contributed by atoms with van der Waals surface area (Å²) in [6, 6.07) is -0.793. The summed E-state index contributed by atoms with van der Waals surface area (Å²) in [5, 5.41) is 3.08. The number of nitrogens with two attached hydrogens (primary N) is 1. The number of rotatable bonds is 6. The largest absolute Gasteiger partial charge is 0.463 e. The van der Waals surface area contributed by atoms with E-state index in [0.717, 1.165) is 17.5 Å². The number of benzene rings is 1. The highest BCUT2D eigenvalue weighted by Crippen LogP contribution is 2.49. The number of fused-ring (bicyclic) bond motifs is 6. The van der Waals surface area contributed by atoms with E-state index in [4.69, 9.17) is 29.7 Å². The van der Waals surface area contributed by atoms with Crippen LogP contribution in [0.4, 0.5) is 43.7 Å². The van der Waals surface area contributed by atoms with Crippen LogP contribution < -0.4 is 20.7 Å². The first-order valence-corrected chi connectivity index (χ1v) is 20.5. The lowest BCUT2D eigenvalue weighted by molar-refractivity contribution is -0.113. The number of nitrogen functional groups attached to an aromatic ring is 1. The summed E-state index contributed by atoms with van der Waals surface area (Å²) in [5.74, 6) is -5.44. The Bertz CT molecular complexity index is 2340. The van der Waals surface area contributed by atoms with Crippen molar-refractivity contribution in [1.82, 2.24) is 24.8 Å². The van der Waals surface area contributed by atoms with Gasteiger partial charge in [-0.05, 0) is 72.6 Å². The predicted molar refractivity (Wildman–Crippen MR) is 214 cm³/mol. The number of thiophene rings is 1. The van der Waals surface area contributed by atoms with Crippen molar-refractivity contribution >= 4 is 61.0 Å². The molecule has 3 saturated heterocycles. The van der Waals surface area contributed by atoms with Gasteiger partial charge in [-0.15, -0.1) is 11.3 Å². The zero-order valence-corrected chi connectivity index (χ0v) is 34.8. The molecule has 2 amide bonds. The lowest BCUT2D eigenvalue weighted by Gasteiger charge is -2.42. The van der Waals surface area contributed by atoms with Crippen LogP contribution in [0.25, 0.3) is 32.2 Å². The Hall–Kier alpha value is -4.75. The number of piperazine rings is 1. The van der Waals surface area contributed by atoms with Crippen molar-refractivity contribution in [3.8, 4) is 17.3 Å². The first-order chi connectivity index (χ1) is 27.7. The number of nitrogens with one attached hydrogen (secondary N) is 1. The number of halogens is 4. The number of carbonyl (C=O) groups is 2. The number of pyridine rings is 1. The molecule has 3 fully saturated rings. The maximum Gasteiger partial charge on any atom is 0.412 e. The number of alkyl halides is 2. The van der Waals surface area contributed by atoms with Crippen LogP contribution in [0.2, 0.25) is 0 Å². The molecule has 0 radical (unpaired) electrons. The third-order valence-electron chi connectivity index (χ3n) is 11.1. The van der Waals surface area contributed by atoms with Crippen molar-refractivity contribution in [2.45, 2.75) is 103 Å². The average molecular weight is 845 g/mol. The molecule has 7 heterocycles. The summed E-state index contributed by atoms with van der Waals surface area (Å²) in [7, 11) is 1.76. The molecule has 0 aliphatic carbocycles. The Kier molecular flexibility index (Phi) is 10.3. The number of likely N-dealkylation sites (tertiary alicyclic amines) is 2. The fourth-order valence-corrected chi connectivity index (χ4v) is 9.49. The molecule has 3 atom stereocenters. The molecular formula is C40H48F4N8O6S. The lowest BCUT2D eigenvalue weighted by atomic mass is 9.93. The lowest BCUT2D eigenvalue weighted by Crippen LogP contribution is -2.56. The molecule has 318 valence electrons. The molecule has 0 saturated carbocycles. The number of nitrogens with zero attached hydrogens (tertiary/aromatic N) is 6. The Morgan fingerprint density at radius 2 is 1.68 bits per heavy atom. The quantitative estimate of drug-likeness (QED) is 0.183. The van der Waals surface area contributed by atoms with Gasteiger partial charge in [-0.1, -0.05) is 0 Å². The highest BCUT2D eigenvalue weighted by atomic mass is 32.1. The van der Waals surface area contributed by atoms with Crippen LogP contribution in [0.1, 0.15) is 71.9 Å². The van der Waals surface area contributed by atoms with Crippen LogP contribution in [0.15, 0.2) is 6.20 Å². The van der Waals surface area contributed by atoms with E-state index < -0.39 is 53.5 Å². The van der Waals surface area contributed by atoms with Crippen LogP contribution in [0.5, 0.6) is 6.01 Å². The van der Waals surface area contributed by atoms with Gasteiger partial charge in [0.1, 0.15) is 34.1 Å². The topological polar surface area (TPSA) is 157 Å². The Labute approximate surface area is 342 Å². The fraction of sp³-hybridized carbons (Fsp3) is 0.575. The van der Waals surface area contributed by atoms with Gasteiger partial charge < -0.3 is 39.4 Å². The minimum absolute atomic E-state index is 0.00732. The Morgan fingerprint density at radius 3 is 2.36 bits per heavy atom. The Morgan fingerprint density at radius 1 is 1.00 bits per heavy atom. The fourth-order valence-electron chi connectivity index (χ4n) is 8.48. The van der Waals surface area contributed by atoms with Crippen LogP contribution >= 0.6 is 11.3 Å². The number of hydrogen-bond acceptors (Lipinski definition) is 13. The zero-order valence-electron chi connectivity index (χ0n) is 34.0. The van der Waals surface area contributed by atoms with Gasteiger partial charge in [-0.3, -0.25) is 10.3 Å². The maximum absolute atomic E-state index is 17.7. The molecule has 4 aromatic rings. The van der Waals surface area contributed by atoms with Crippen LogP contribution in [0.3, 0.4) is 0 Å². The smallest absolute Gasteiger partial charge is 0.412 e. The number of ether oxygens (including phenoxy) is 4. The molecule has 0 spiro atoms. The third-order valence-corrected chi connectivity index (χ3v) is 12.2. The SMILES string of the molecule is CN1CCC(F)(F)C(COc2nc(N3C4CCC3CN(C(=O)OC(C)(C)C)C4)c3c4c(c(-c5ncc(F)c6sc(NC(=O)OC(C)(C)C)c(N)c56)c(F)c3n2)COC4)C1. The molecule has 2 bridgehead atoms. The van der Waals surface area contributed by atoms with Gasteiger partial charge in [-0.25, -0.2) is 27.2 Å². The molecule has 4 aliphatic rings. The molecule has 3 unspecified atom stereocenters. The van der Waals surface area contributed by atoms with Crippen LogP contribution in [-0.4, -0.2) is 106 Å². The van der Waals surface area contributed by atoms with Crippen LogP contribution in [-0.2, 0) is 27.4 Å². The third kappa shape index (κ3) is 7.76. The number of amides is 2. The minimum Gasteiger partial charge on any atom is -0.463 e. The number of hydrogen-bond donors (Lipinski definition) is 2. The van der Waals surface area contributed by atoms with Crippen LogP contribution in [0, 0.1) is 17.6 Å². The van der Waals surface area contributed by atoms with E-state index in [1.165, 1.54) is 0 Å². The molecule has 3 aromatic heterocycles. The first-order valence-electron chi connectivity index (χ1n) is 19.6. The van der Waals surface area contributed by atoms with Crippen molar-refractivity contribution in [1.29, 1.82) is 0 Å². The van der Waals surface area contributed by atoms with E-state index in [9.17, 15) is 9.59 Å². The molecule has 8 rings (SSSR count). The average Bonchev–Trinajstić information content (AvgIpc) is 3.81. The summed E-state index contributed by atoms with van der Waals surface area (Å²) in [6.45, 7) is 11.0. The van der Waals surface area contributed by atoms with Crippen molar-refractivity contribution in [3.63, 3.8) is 0 Å². The molecule has 14 nitrogen and oxygen atoms in total. The molecule has 19 heteroatoms. The summed E-state index contributed by atoms with van der Waals surface area (Å²) >= 11 is 0.853. The molecule has 3 N–H and O–H groups in total. The maximum atomic E-state index is 17.7. The number of aromatic nitrogens is 3. The predicted octanol–water partition coefficient (Wildman–Crippen LogP) is 7.70. The number of anilines is 3. The van der Waals surface area contributed by atoms with Crippen molar-refractivity contribution < 1.29 is 46.1 Å². The van der Waals surface area contributed by atoms with Gasteiger partial charge in [0, 0.05) is 55.6 Å². The highest BCUT2D eigenvalue weighted by molar-refractivity contribution is 7.24. The second-order valence-electron chi connectivity index (χ2n) is 17.8. The highest BCUT2D eigenvalue weighted by Gasteiger charge is 2.46. The van der Waals surface area contributed by atoms with Crippen molar-refractivity contribution in [2.75, 3.05) is 55.8 Å². The van der Waals surface area contributed by atoms with E-state index in [1.54, 1.807) is 58.4 Å². The second kappa shape index (κ2) is 14.8. The number of carbonyl (C=O) groups excluding carboxylic acids is 2. The van der Waals surface area contributed by atoms with Crippen molar-refractivity contribution in [2.24, 2.45) is 5.92 Å². The molecule has 1 aromatic carbocycles. The van der Waals surface area contributed by atoms with E-state index >= 15 is 17.6 Å². The van der Waals surface area contributed by atoms with Gasteiger partial charge in [0.25, 0.3) is 5.92 Å². The standard InChI is InChI=1S/C40H48F4N8O6S/c1-38(2,3)57-36(53)49-34-29(45)27-30(46-12-24(41)32(27)59-34)25-22-17-55-18-23(22)26-31(28(25)42)47-35(56-16-19-13-50(7)11-10-40(19,43)44)48-33(26)52-20-8-9-21(52)15-51(14-20)37(54)58-39(4,5)6/h12,19-21H,8-11,13-18,45H2,1-7H3,(H,49,53). The number of piperidine rings is 1. The Balaban J connectivity index is 1.27. The normalized spacial score (nSPS) is 21.9. The van der Waals surface area contributed by atoms with E-state index in [-0.39, 0.29) is 88.4 Å². The van der Waals surface area contributed by atoms with Gasteiger partial charge in [0.05, 0.1) is 46.8 Å². The van der Waals surface area contributed by atoms with Gasteiger partial charge in [-0.2, -0.15) is 9.97 Å². The summed E-state index contributed by atoms with van der Waals surface area (Å²) < 4.78 is 86.5. The molecular weight excluding hydrogens is 797 g/mol. The van der Waals surface area contributed by atoms with Crippen molar-refractivity contribution in [3.05, 3.63) is 29.0 Å². The molecule has 4 aliphatic heterocycles. The van der Waals surface area contributed by atoms with E-state index in [0.29, 0.717) is 48.3 Å². The minimum atomic E-state index is -3.00. The van der Waals surface area contributed by atoms with Gasteiger partial charge in [0.15, 0.2) is 11.6 Å². The summed E-state index contributed by atoms with van der Waals surface area (Å²) in [6.07, 6.45) is 0.757. The summed E-state index contributed by atoms with van der Waals surface area (Å²) in [4.78, 5) is 45.2. The first kappa shape index (κ1) is 41.0. The van der Waals surface area contributed by atoms with E-state index in [2.05, 4.69) is 20.2 Å². The van der Waals surface area contributed by atoms with Gasteiger partial charge in [0.2, 0.25) is 0 Å². The van der Waals surface area contributed by atoms with Gasteiger partial charge >= 0.3 is 18.2 Å². The monoisotopic (exact) mass is 844 g/mol. The van der Waals surface area contributed by atoms with E-state index in [1.807, 2.05) is 0 Å².